The average Bonchev–Trinajstić information content (AvgIpc) is 2.42. The Balaban J connectivity index is 2.27. The fraction of sp³-hybridized carbons (Fsp3) is 0.867. The fourth-order valence-corrected chi connectivity index (χ4v) is 2.46. The van der Waals surface area contributed by atoms with Crippen LogP contribution in [-0.4, -0.2) is 60.4 Å². The molecule has 0 aliphatic carbocycles. The van der Waals surface area contributed by atoms with E-state index in [9.17, 15) is 9.59 Å². The van der Waals surface area contributed by atoms with E-state index in [1.807, 2.05) is 6.92 Å². The Kier molecular flexibility index (Phi) is 7.59. The second-order valence-electron chi connectivity index (χ2n) is 5.63. The second-order valence-corrected chi connectivity index (χ2v) is 5.63. The molecule has 1 fully saturated rings. The van der Waals surface area contributed by atoms with Gasteiger partial charge in [0.25, 0.3) is 0 Å². The molecule has 0 aromatic rings. The molecule has 0 bridgehead atoms. The van der Waals surface area contributed by atoms with Crippen molar-refractivity contribution in [1.82, 2.24) is 15.1 Å². The largest absolute Gasteiger partial charge is 0.332 e. The van der Waals surface area contributed by atoms with Gasteiger partial charge in [-0.15, -0.1) is 0 Å². The van der Waals surface area contributed by atoms with Crippen LogP contribution in [0.2, 0.25) is 0 Å². The molecule has 0 spiro atoms. The quantitative estimate of drug-likeness (QED) is 0.692. The van der Waals surface area contributed by atoms with Gasteiger partial charge in [0.05, 0.1) is 13.1 Å². The third-order valence-electron chi connectivity index (χ3n) is 3.66. The average molecular weight is 283 g/mol. The van der Waals surface area contributed by atoms with Crippen LogP contribution in [0, 0.1) is 0 Å². The number of nitrogens with zero attached hydrogens (tertiary/aromatic N) is 2. The third kappa shape index (κ3) is 5.49. The van der Waals surface area contributed by atoms with Crippen LogP contribution in [0.15, 0.2) is 0 Å². The van der Waals surface area contributed by atoms with E-state index in [4.69, 9.17) is 0 Å². The van der Waals surface area contributed by atoms with Crippen molar-refractivity contribution in [1.29, 1.82) is 0 Å². The molecule has 5 nitrogen and oxygen atoms in total. The zero-order valence-electron chi connectivity index (χ0n) is 13.2. The molecular formula is C15H29N3O2. The van der Waals surface area contributed by atoms with Gasteiger partial charge in [0, 0.05) is 19.1 Å². The van der Waals surface area contributed by atoms with E-state index in [2.05, 4.69) is 19.2 Å². The third-order valence-corrected chi connectivity index (χ3v) is 3.66. The van der Waals surface area contributed by atoms with Gasteiger partial charge in [-0.2, -0.15) is 0 Å². The maximum Gasteiger partial charge on any atom is 0.242 e. The van der Waals surface area contributed by atoms with Crippen LogP contribution in [-0.2, 0) is 9.59 Å². The van der Waals surface area contributed by atoms with Gasteiger partial charge in [-0.3, -0.25) is 9.59 Å². The predicted octanol–water partition coefficient (Wildman–Crippen LogP) is 1.24. The summed E-state index contributed by atoms with van der Waals surface area (Å²) in [4.78, 5) is 27.3. The molecule has 1 aliphatic heterocycles. The first-order valence-electron chi connectivity index (χ1n) is 7.87. The molecule has 0 saturated carbocycles. The van der Waals surface area contributed by atoms with Crippen LogP contribution in [0.25, 0.3) is 0 Å². The van der Waals surface area contributed by atoms with Crippen molar-refractivity contribution >= 4 is 11.8 Å². The van der Waals surface area contributed by atoms with Crippen molar-refractivity contribution < 1.29 is 9.59 Å². The van der Waals surface area contributed by atoms with E-state index < -0.39 is 0 Å². The van der Waals surface area contributed by atoms with E-state index in [1.165, 1.54) is 0 Å². The molecule has 1 aliphatic rings. The summed E-state index contributed by atoms with van der Waals surface area (Å²) >= 11 is 0. The number of nitrogens with one attached hydrogen (secondary N) is 1. The molecule has 116 valence electrons. The predicted molar refractivity (Wildman–Crippen MR) is 80.4 cm³/mol. The van der Waals surface area contributed by atoms with E-state index >= 15 is 0 Å². The molecule has 2 amide bonds. The number of hydrogen-bond acceptors (Lipinski definition) is 3. The topological polar surface area (TPSA) is 52.7 Å². The minimum atomic E-state index is 0.0867. The van der Waals surface area contributed by atoms with Crippen LogP contribution < -0.4 is 5.32 Å². The number of rotatable bonds is 9. The first-order chi connectivity index (χ1) is 9.58. The lowest BCUT2D eigenvalue weighted by atomic mass is 10.1. The maximum atomic E-state index is 12.0. The molecule has 1 unspecified atom stereocenters. The number of carbonyl (C=O) groups is 2. The normalized spacial score (nSPS) is 17.8. The van der Waals surface area contributed by atoms with Crippen molar-refractivity contribution in [2.45, 2.75) is 52.5 Å². The Morgan fingerprint density at radius 3 is 2.20 bits per heavy atom. The molecule has 0 radical (unpaired) electrons. The Morgan fingerprint density at radius 1 is 1.05 bits per heavy atom. The highest BCUT2D eigenvalue weighted by Gasteiger charge is 2.28. The Hall–Kier alpha value is -1.10. The molecule has 1 saturated heterocycles. The highest BCUT2D eigenvalue weighted by atomic mass is 16.2. The minimum Gasteiger partial charge on any atom is -0.332 e. The lowest BCUT2D eigenvalue weighted by molar-refractivity contribution is -0.150. The van der Waals surface area contributed by atoms with Crippen LogP contribution in [0.1, 0.15) is 46.5 Å². The van der Waals surface area contributed by atoms with Crippen molar-refractivity contribution in [2.24, 2.45) is 0 Å². The van der Waals surface area contributed by atoms with Gasteiger partial charge < -0.3 is 15.1 Å². The van der Waals surface area contributed by atoms with Crippen LogP contribution in [0.5, 0.6) is 0 Å². The van der Waals surface area contributed by atoms with Crippen LogP contribution in [0.3, 0.4) is 0 Å². The number of carbonyl (C=O) groups excluding carboxylic acids is 2. The van der Waals surface area contributed by atoms with E-state index in [0.29, 0.717) is 19.1 Å². The van der Waals surface area contributed by atoms with E-state index in [-0.39, 0.29) is 24.9 Å². The minimum absolute atomic E-state index is 0.0867. The molecule has 0 aromatic carbocycles. The van der Waals surface area contributed by atoms with Crippen molar-refractivity contribution in [3.05, 3.63) is 0 Å². The summed E-state index contributed by atoms with van der Waals surface area (Å²) in [6.45, 7) is 9.29. The van der Waals surface area contributed by atoms with Gasteiger partial charge in [0.15, 0.2) is 0 Å². The zero-order chi connectivity index (χ0) is 15.0. The summed E-state index contributed by atoms with van der Waals surface area (Å²) in [6.07, 6.45) is 4.03. The Morgan fingerprint density at radius 2 is 1.65 bits per heavy atom. The van der Waals surface area contributed by atoms with Crippen molar-refractivity contribution in [3.63, 3.8) is 0 Å². The van der Waals surface area contributed by atoms with Gasteiger partial charge in [0.1, 0.15) is 0 Å². The highest BCUT2D eigenvalue weighted by molar-refractivity contribution is 5.92. The van der Waals surface area contributed by atoms with Gasteiger partial charge in [-0.25, -0.2) is 0 Å². The number of hydrogen-bond donors (Lipinski definition) is 1. The SMILES string of the molecule is CCCNC(C)CCCN1CC(=O)N(CCC)CC1=O. The fourth-order valence-electron chi connectivity index (χ4n) is 2.46. The monoisotopic (exact) mass is 283 g/mol. The van der Waals surface area contributed by atoms with Gasteiger partial charge in [0.2, 0.25) is 11.8 Å². The lowest BCUT2D eigenvalue weighted by Crippen LogP contribution is -2.54. The summed E-state index contributed by atoms with van der Waals surface area (Å²) in [5, 5.41) is 3.44. The standard InChI is InChI=1S/C15H29N3O2/c1-4-8-16-13(3)7-6-10-18-12-14(19)17(9-5-2)11-15(18)20/h13,16H,4-12H2,1-3H3. The number of piperazine rings is 1. The maximum absolute atomic E-state index is 12.0. The van der Waals surface area contributed by atoms with E-state index in [1.54, 1.807) is 9.80 Å². The first kappa shape index (κ1) is 17.0. The van der Waals surface area contributed by atoms with Crippen LogP contribution >= 0.6 is 0 Å². The molecule has 1 heterocycles. The summed E-state index contributed by atoms with van der Waals surface area (Å²) in [6, 6.07) is 0.474. The first-order valence-corrected chi connectivity index (χ1v) is 7.87. The summed E-state index contributed by atoms with van der Waals surface area (Å²) in [5.41, 5.74) is 0. The number of amides is 2. The van der Waals surface area contributed by atoms with Gasteiger partial charge in [-0.1, -0.05) is 13.8 Å². The summed E-state index contributed by atoms with van der Waals surface area (Å²) < 4.78 is 0. The van der Waals surface area contributed by atoms with Crippen molar-refractivity contribution in [3.8, 4) is 0 Å². The smallest absolute Gasteiger partial charge is 0.242 e. The summed E-state index contributed by atoms with van der Waals surface area (Å²) in [7, 11) is 0. The lowest BCUT2D eigenvalue weighted by Gasteiger charge is -2.34. The van der Waals surface area contributed by atoms with Gasteiger partial charge in [-0.05, 0) is 39.2 Å². The zero-order valence-corrected chi connectivity index (χ0v) is 13.2. The van der Waals surface area contributed by atoms with E-state index in [0.717, 1.165) is 32.2 Å². The van der Waals surface area contributed by atoms with Crippen LogP contribution in [0.4, 0.5) is 0 Å². The van der Waals surface area contributed by atoms with Gasteiger partial charge >= 0.3 is 0 Å². The Labute approximate surface area is 122 Å². The molecule has 1 N–H and O–H groups in total. The molecule has 5 heteroatoms. The second kappa shape index (κ2) is 8.95. The molecular weight excluding hydrogens is 254 g/mol. The highest BCUT2D eigenvalue weighted by Crippen LogP contribution is 2.08. The molecule has 20 heavy (non-hydrogen) atoms. The van der Waals surface area contributed by atoms with Crippen molar-refractivity contribution in [2.75, 3.05) is 32.7 Å². The summed E-state index contributed by atoms with van der Waals surface area (Å²) in [5.74, 6) is 0.177. The molecule has 1 atom stereocenters. The molecule has 0 aromatic heterocycles. The molecule has 1 rings (SSSR count). The Bertz CT molecular complexity index is 320.